The van der Waals surface area contributed by atoms with Crippen molar-refractivity contribution < 1.29 is 32.3 Å². The quantitative estimate of drug-likeness (QED) is 0.569. The Balaban J connectivity index is 2.14. The van der Waals surface area contributed by atoms with Gasteiger partial charge in [-0.1, -0.05) is 17.7 Å². The first kappa shape index (κ1) is 24.8. The lowest BCUT2D eigenvalue weighted by molar-refractivity contribution is -0.154. The fourth-order valence-electron chi connectivity index (χ4n) is 3.96. The Bertz CT molecular complexity index is 909. The van der Waals surface area contributed by atoms with Crippen LogP contribution in [-0.2, 0) is 33.9 Å². The molecule has 1 aliphatic rings. The molecule has 1 fully saturated rings. The van der Waals surface area contributed by atoms with E-state index >= 15 is 0 Å². The van der Waals surface area contributed by atoms with Gasteiger partial charge in [0.25, 0.3) is 0 Å². The predicted octanol–water partition coefficient (Wildman–Crippen LogP) is 1.19. The number of aryl methyl sites for hydroxylation is 3. The Morgan fingerprint density at radius 1 is 0.968 bits per heavy atom. The van der Waals surface area contributed by atoms with Gasteiger partial charge in [-0.05, 0) is 44.7 Å². The summed E-state index contributed by atoms with van der Waals surface area (Å²) in [5.41, 5.74) is 2.38. The molecule has 0 aliphatic carbocycles. The number of amides is 1. The average Bonchev–Trinajstić information content (AvgIpc) is 2.71. The molecule has 172 valence electrons. The maximum absolute atomic E-state index is 13.2. The second-order valence-electron chi connectivity index (χ2n) is 7.75. The summed E-state index contributed by atoms with van der Waals surface area (Å²) in [7, 11) is -1.30. The number of rotatable bonds is 7. The Morgan fingerprint density at radius 3 is 1.84 bits per heavy atom. The third kappa shape index (κ3) is 5.82. The minimum Gasteiger partial charge on any atom is -0.468 e. The highest BCUT2D eigenvalue weighted by Crippen LogP contribution is 2.29. The van der Waals surface area contributed by atoms with Crippen LogP contribution in [-0.4, -0.2) is 75.9 Å². The number of carbonyl (C=O) groups excluding carboxylic acids is 3. The van der Waals surface area contributed by atoms with Crippen molar-refractivity contribution in [3.05, 3.63) is 28.8 Å². The van der Waals surface area contributed by atoms with Crippen LogP contribution < -0.4 is 0 Å². The van der Waals surface area contributed by atoms with Gasteiger partial charge < -0.3 is 14.4 Å². The van der Waals surface area contributed by atoms with Crippen molar-refractivity contribution >= 4 is 27.9 Å². The van der Waals surface area contributed by atoms with Gasteiger partial charge in [0.15, 0.2) is 0 Å². The van der Waals surface area contributed by atoms with Crippen molar-refractivity contribution in [2.45, 2.75) is 38.5 Å². The molecule has 10 heteroatoms. The summed E-state index contributed by atoms with van der Waals surface area (Å²) in [6.45, 7) is 5.09. The minimum atomic E-state index is -3.70. The number of nitrogens with zero attached hydrogens (tertiary/aromatic N) is 2. The summed E-state index contributed by atoms with van der Waals surface area (Å²) in [5.74, 6) is -2.19. The molecule has 0 N–H and O–H groups in total. The molecule has 1 aromatic carbocycles. The second-order valence-corrected chi connectivity index (χ2v) is 9.63. The zero-order chi connectivity index (χ0) is 23.3. The number of methoxy groups -OCH3 is 2. The number of benzene rings is 1. The van der Waals surface area contributed by atoms with E-state index in [-0.39, 0.29) is 26.2 Å². The third-order valence-corrected chi connectivity index (χ3v) is 7.62. The van der Waals surface area contributed by atoms with Crippen molar-refractivity contribution in [3.63, 3.8) is 0 Å². The number of hydrogen-bond donors (Lipinski definition) is 0. The number of ether oxygens (including phenoxy) is 2. The van der Waals surface area contributed by atoms with E-state index in [1.807, 2.05) is 19.1 Å². The first-order chi connectivity index (χ1) is 14.5. The van der Waals surface area contributed by atoms with Gasteiger partial charge in [-0.2, -0.15) is 4.31 Å². The van der Waals surface area contributed by atoms with Crippen LogP contribution in [0, 0.1) is 26.7 Å². The van der Waals surface area contributed by atoms with Gasteiger partial charge in [-0.25, -0.2) is 8.42 Å². The lowest BCUT2D eigenvalue weighted by Gasteiger charge is -2.33. The van der Waals surface area contributed by atoms with Crippen LogP contribution in [0.25, 0.3) is 0 Å². The Morgan fingerprint density at radius 2 is 1.42 bits per heavy atom. The predicted molar refractivity (Wildman–Crippen MR) is 113 cm³/mol. The molecular weight excluding hydrogens is 424 g/mol. The molecular formula is C21H30N2O7S. The van der Waals surface area contributed by atoms with E-state index in [9.17, 15) is 22.8 Å². The number of carbonyl (C=O) groups is 3. The van der Waals surface area contributed by atoms with E-state index in [0.29, 0.717) is 28.9 Å². The minimum absolute atomic E-state index is 0.176. The van der Waals surface area contributed by atoms with Crippen LogP contribution in [0.2, 0.25) is 0 Å². The molecule has 1 aromatic rings. The molecule has 0 radical (unpaired) electrons. The molecule has 2 rings (SSSR count). The summed E-state index contributed by atoms with van der Waals surface area (Å²) in [6, 6.07) is 3.68. The average molecular weight is 455 g/mol. The zero-order valence-corrected chi connectivity index (χ0v) is 19.5. The van der Waals surface area contributed by atoms with Gasteiger partial charge in [0, 0.05) is 19.0 Å². The lowest BCUT2D eigenvalue weighted by Crippen LogP contribution is -2.47. The number of sulfonamides is 1. The van der Waals surface area contributed by atoms with Gasteiger partial charge in [-0.15, -0.1) is 0 Å². The Labute approximate surface area is 183 Å². The van der Waals surface area contributed by atoms with E-state index in [4.69, 9.17) is 0 Å². The molecule has 31 heavy (non-hydrogen) atoms. The highest BCUT2D eigenvalue weighted by atomic mass is 32.2. The fraction of sp³-hybridized carbons (Fsp3) is 0.571. The number of piperidine rings is 1. The number of esters is 2. The van der Waals surface area contributed by atoms with Gasteiger partial charge in [0.2, 0.25) is 15.9 Å². The molecule has 9 nitrogen and oxygen atoms in total. The van der Waals surface area contributed by atoms with Gasteiger partial charge in [0.05, 0.1) is 19.1 Å². The van der Waals surface area contributed by atoms with Crippen LogP contribution in [0.4, 0.5) is 0 Å². The van der Waals surface area contributed by atoms with Gasteiger partial charge in [0.1, 0.15) is 13.1 Å². The summed E-state index contributed by atoms with van der Waals surface area (Å²) in [4.78, 5) is 37.6. The molecule has 1 aliphatic heterocycles. The fourth-order valence-corrected chi connectivity index (χ4v) is 5.84. The maximum Gasteiger partial charge on any atom is 0.325 e. The first-order valence-corrected chi connectivity index (χ1v) is 11.5. The molecule has 1 heterocycles. The van der Waals surface area contributed by atoms with Crippen LogP contribution in [0.3, 0.4) is 0 Å². The van der Waals surface area contributed by atoms with Gasteiger partial charge >= 0.3 is 11.9 Å². The topological polar surface area (TPSA) is 110 Å². The molecule has 1 saturated heterocycles. The largest absolute Gasteiger partial charge is 0.468 e. The van der Waals surface area contributed by atoms with E-state index in [1.165, 1.54) is 18.5 Å². The Kier molecular flexibility index (Phi) is 8.19. The van der Waals surface area contributed by atoms with Crippen molar-refractivity contribution in [2.75, 3.05) is 40.4 Å². The lowest BCUT2D eigenvalue weighted by atomic mass is 9.96. The monoisotopic (exact) mass is 454 g/mol. The second kappa shape index (κ2) is 10.2. The highest BCUT2D eigenvalue weighted by molar-refractivity contribution is 7.89. The van der Waals surface area contributed by atoms with Crippen LogP contribution in [0.5, 0.6) is 0 Å². The molecule has 0 saturated carbocycles. The molecule has 0 aromatic heterocycles. The summed E-state index contributed by atoms with van der Waals surface area (Å²) < 4.78 is 37.1. The van der Waals surface area contributed by atoms with Gasteiger partial charge in [-0.3, -0.25) is 14.4 Å². The summed E-state index contributed by atoms with van der Waals surface area (Å²) >= 11 is 0. The standard InChI is InChI=1S/C21H30N2O7S/c1-14-10-15(2)20(16(3)11-14)31(27,28)23-8-6-17(7-9-23)21(26)22(12-18(24)29-4)13-19(25)30-5/h10-11,17H,6-9,12-13H2,1-5H3. The van der Waals surface area contributed by atoms with Crippen LogP contribution in [0.15, 0.2) is 17.0 Å². The van der Waals surface area contributed by atoms with E-state index in [0.717, 1.165) is 10.5 Å². The van der Waals surface area contributed by atoms with E-state index < -0.39 is 33.8 Å². The summed E-state index contributed by atoms with van der Waals surface area (Å²) in [5, 5.41) is 0. The summed E-state index contributed by atoms with van der Waals surface area (Å²) in [6.07, 6.45) is 0.585. The molecule has 0 bridgehead atoms. The van der Waals surface area contributed by atoms with E-state index in [2.05, 4.69) is 9.47 Å². The maximum atomic E-state index is 13.2. The normalized spacial score (nSPS) is 15.4. The zero-order valence-electron chi connectivity index (χ0n) is 18.6. The SMILES string of the molecule is COC(=O)CN(CC(=O)OC)C(=O)C1CCN(S(=O)(=O)c2c(C)cc(C)cc2C)CC1. The molecule has 0 spiro atoms. The van der Waals surface area contributed by atoms with Crippen molar-refractivity contribution in [2.24, 2.45) is 5.92 Å². The van der Waals surface area contributed by atoms with Crippen molar-refractivity contribution in [1.29, 1.82) is 0 Å². The smallest absolute Gasteiger partial charge is 0.325 e. The molecule has 1 amide bonds. The Hall–Kier alpha value is -2.46. The van der Waals surface area contributed by atoms with Crippen LogP contribution in [0.1, 0.15) is 29.5 Å². The van der Waals surface area contributed by atoms with Crippen molar-refractivity contribution in [3.8, 4) is 0 Å². The number of hydrogen-bond acceptors (Lipinski definition) is 7. The van der Waals surface area contributed by atoms with Crippen molar-refractivity contribution in [1.82, 2.24) is 9.21 Å². The molecule has 0 atom stereocenters. The van der Waals surface area contributed by atoms with Crippen LogP contribution >= 0.6 is 0 Å². The highest BCUT2D eigenvalue weighted by Gasteiger charge is 2.36. The first-order valence-electron chi connectivity index (χ1n) is 10.0. The third-order valence-electron chi connectivity index (χ3n) is 5.41. The molecule has 0 unspecified atom stereocenters. The van der Waals surface area contributed by atoms with E-state index in [1.54, 1.807) is 13.8 Å².